The van der Waals surface area contributed by atoms with Gasteiger partial charge in [0.1, 0.15) is 0 Å². The molecule has 0 saturated heterocycles. The van der Waals surface area contributed by atoms with E-state index in [4.69, 9.17) is 5.73 Å². The summed E-state index contributed by atoms with van der Waals surface area (Å²) in [5.41, 5.74) is 7.99. The Labute approximate surface area is 86.3 Å². The van der Waals surface area contributed by atoms with Crippen molar-refractivity contribution in [2.75, 3.05) is 6.54 Å². The Bertz CT molecular complexity index is 276. The molecule has 0 amide bonds. The van der Waals surface area contributed by atoms with Gasteiger partial charge in [-0.25, -0.2) is 0 Å². The maximum atomic E-state index is 5.48. The Morgan fingerprint density at radius 3 is 2.64 bits per heavy atom. The molecule has 1 aromatic heterocycles. The average Bonchev–Trinajstić information content (AvgIpc) is 2.57. The number of aryl methyl sites for hydroxylation is 2. The lowest BCUT2D eigenvalue weighted by Gasteiger charge is -2.08. The third-order valence-electron chi connectivity index (χ3n) is 2.35. The minimum Gasteiger partial charge on any atom is -0.330 e. The van der Waals surface area contributed by atoms with Crippen molar-refractivity contribution in [3.63, 3.8) is 0 Å². The monoisotopic (exact) mass is 195 g/mol. The second-order valence-electron chi connectivity index (χ2n) is 3.91. The van der Waals surface area contributed by atoms with E-state index in [1.165, 1.54) is 11.4 Å². The lowest BCUT2D eigenvalue weighted by atomic mass is 10.2. The van der Waals surface area contributed by atoms with E-state index in [1.54, 1.807) is 0 Å². The van der Waals surface area contributed by atoms with E-state index in [2.05, 4.69) is 36.6 Å². The highest BCUT2D eigenvalue weighted by atomic mass is 15.3. The largest absolute Gasteiger partial charge is 0.330 e. The Morgan fingerprint density at radius 2 is 2.21 bits per heavy atom. The van der Waals surface area contributed by atoms with Crippen LogP contribution in [0.1, 0.15) is 44.6 Å². The zero-order chi connectivity index (χ0) is 10.6. The summed E-state index contributed by atoms with van der Waals surface area (Å²) in [7, 11) is 0. The fraction of sp³-hybridized carbons (Fsp3) is 0.727. The van der Waals surface area contributed by atoms with Crippen molar-refractivity contribution in [1.29, 1.82) is 0 Å². The summed E-state index contributed by atoms with van der Waals surface area (Å²) >= 11 is 0. The molecule has 0 aliphatic carbocycles. The quantitative estimate of drug-likeness (QED) is 0.780. The van der Waals surface area contributed by atoms with Gasteiger partial charge >= 0.3 is 0 Å². The maximum absolute atomic E-state index is 5.48. The summed E-state index contributed by atoms with van der Waals surface area (Å²) in [5, 5.41) is 4.58. The number of nitrogens with two attached hydrogens (primary N) is 1. The molecular weight excluding hydrogens is 174 g/mol. The number of hydrogen-bond donors (Lipinski definition) is 1. The normalized spacial score (nSPS) is 11.2. The number of rotatable bonds is 5. The first-order chi connectivity index (χ1) is 6.69. The molecule has 0 aliphatic heterocycles. The van der Waals surface area contributed by atoms with Gasteiger partial charge < -0.3 is 5.73 Å². The maximum Gasteiger partial charge on any atom is 0.0628 e. The molecule has 0 aliphatic rings. The van der Waals surface area contributed by atoms with Crippen LogP contribution in [0.3, 0.4) is 0 Å². The average molecular weight is 195 g/mol. The van der Waals surface area contributed by atoms with Gasteiger partial charge in [0.15, 0.2) is 0 Å². The van der Waals surface area contributed by atoms with Crippen LogP contribution >= 0.6 is 0 Å². The summed E-state index contributed by atoms with van der Waals surface area (Å²) in [5.74, 6) is 0. The second-order valence-corrected chi connectivity index (χ2v) is 3.91. The van der Waals surface area contributed by atoms with Gasteiger partial charge in [0.2, 0.25) is 0 Å². The first-order valence-corrected chi connectivity index (χ1v) is 5.46. The summed E-state index contributed by atoms with van der Waals surface area (Å²) < 4.78 is 2.12. The summed E-state index contributed by atoms with van der Waals surface area (Å²) in [4.78, 5) is 0. The van der Waals surface area contributed by atoms with Crippen LogP contribution in [0.15, 0.2) is 6.07 Å². The van der Waals surface area contributed by atoms with Gasteiger partial charge in [0, 0.05) is 11.7 Å². The van der Waals surface area contributed by atoms with Crippen LogP contribution < -0.4 is 5.73 Å². The molecule has 0 aromatic carbocycles. The highest BCUT2D eigenvalue weighted by molar-refractivity contribution is 5.11. The van der Waals surface area contributed by atoms with Crippen molar-refractivity contribution >= 4 is 0 Å². The molecule has 0 fully saturated rings. The molecule has 2 N–H and O–H groups in total. The second kappa shape index (κ2) is 5.15. The fourth-order valence-electron chi connectivity index (χ4n) is 1.61. The number of nitrogens with zero attached hydrogens (tertiary/aromatic N) is 2. The minimum absolute atomic E-state index is 0.455. The Hall–Kier alpha value is -0.830. The predicted molar refractivity (Wildman–Crippen MR) is 59.4 cm³/mol. The summed E-state index contributed by atoms with van der Waals surface area (Å²) in [6, 6.07) is 2.66. The lowest BCUT2D eigenvalue weighted by molar-refractivity contribution is 0.506. The van der Waals surface area contributed by atoms with Gasteiger partial charge in [-0.2, -0.15) is 5.10 Å². The van der Waals surface area contributed by atoms with Crippen LogP contribution in [-0.4, -0.2) is 16.3 Å². The van der Waals surface area contributed by atoms with Gasteiger partial charge in [-0.3, -0.25) is 4.68 Å². The van der Waals surface area contributed by atoms with E-state index in [-0.39, 0.29) is 0 Å². The smallest absolute Gasteiger partial charge is 0.0628 e. The molecule has 0 unspecified atom stereocenters. The molecule has 3 nitrogen and oxygen atoms in total. The van der Waals surface area contributed by atoms with Gasteiger partial charge in [-0.15, -0.1) is 0 Å². The van der Waals surface area contributed by atoms with E-state index in [1.807, 2.05) is 0 Å². The van der Waals surface area contributed by atoms with Gasteiger partial charge in [0.25, 0.3) is 0 Å². The van der Waals surface area contributed by atoms with E-state index in [0.29, 0.717) is 6.04 Å². The molecule has 0 saturated carbocycles. The molecule has 3 heteroatoms. The summed E-state index contributed by atoms with van der Waals surface area (Å²) in [6.45, 7) is 7.25. The van der Waals surface area contributed by atoms with Crippen LogP contribution in [0, 0.1) is 0 Å². The molecule has 1 rings (SSSR count). The van der Waals surface area contributed by atoms with Gasteiger partial charge in [-0.1, -0.05) is 6.92 Å². The Kier molecular flexibility index (Phi) is 4.14. The van der Waals surface area contributed by atoms with Gasteiger partial charge in [0.05, 0.1) is 5.69 Å². The van der Waals surface area contributed by atoms with Crippen LogP contribution in [0.5, 0.6) is 0 Å². The first kappa shape index (κ1) is 11.2. The molecule has 0 atom stereocenters. The van der Waals surface area contributed by atoms with E-state index >= 15 is 0 Å². The Balaban J connectivity index is 2.78. The minimum atomic E-state index is 0.455. The van der Waals surface area contributed by atoms with E-state index in [0.717, 1.165) is 25.8 Å². The molecule has 1 heterocycles. The lowest BCUT2D eigenvalue weighted by Crippen LogP contribution is -2.07. The molecular formula is C11H21N3. The SMILES string of the molecule is CCc1cc(CCCN)nn1C(C)C. The highest BCUT2D eigenvalue weighted by Gasteiger charge is 2.08. The fourth-order valence-corrected chi connectivity index (χ4v) is 1.61. The third-order valence-corrected chi connectivity index (χ3v) is 2.35. The molecule has 0 spiro atoms. The van der Waals surface area contributed by atoms with Crippen LogP contribution in [0.25, 0.3) is 0 Å². The molecule has 0 bridgehead atoms. The van der Waals surface area contributed by atoms with Gasteiger partial charge in [-0.05, 0) is 45.7 Å². The standard InChI is InChI=1S/C11H21N3/c1-4-11-8-10(6-5-7-12)13-14(11)9(2)3/h8-9H,4-7,12H2,1-3H3. The van der Waals surface area contributed by atoms with Crippen LogP contribution in [-0.2, 0) is 12.8 Å². The van der Waals surface area contributed by atoms with Crippen molar-refractivity contribution < 1.29 is 0 Å². The molecule has 1 aromatic rings. The molecule has 0 radical (unpaired) electrons. The van der Waals surface area contributed by atoms with E-state index in [9.17, 15) is 0 Å². The zero-order valence-corrected chi connectivity index (χ0v) is 9.45. The third kappa shape index (κ3) is 2.58. The highest BCUT2D eigenvalue weighted by Crippen LogP contribution is 2.12. The number of aromatic nitrogens is 2. The van der Waals surface area contributed by atoms with E-state index < -0.39 is 0 Å². The topological polar surface area (TPSA) is 43.8 Å². The van der Waals surface area contributed by atoms with Crippen LogP contribution in [0.4, 0.5) is 0 Å². The number of hydrogen-bond acceptors (Lipinski definition) is 2. The van der Waals surface area contributed by atoms with Crippen LogP contribution in [0.2, 0.25) is 0 Å². The zero-order valence-electron chi connectivity index (χ0n) is 9.45. The molecule has 80 valence electrons. The van der Waals surface area contributed by atoms with Crippen molar-refractivity contribution in [1.82, 2.24) is 9.78 Å². The van der Waals surface area contributed by atoms with Crippen molar-refractivity contribution in [3.8, 4) is 0 Å². The van der Waals surface area contributed by atoms with Crippen molar-refractivity contribution in [2.24, 2.45) is 5.73 Å². The molecule has 14 heavy (non-hydrogen) atoms. The van der Waals surface area contributed by atoms with Crippen molar-refractivity contribution in [2.45, 2.75) is 46.1 Å². The van der Waals surface area contributed by atoms with Crippen molar-refractivity contribution in [3.05, 3.63) is 17.5 Å². The first-order valence-electron chi connectivity index (χ1n) is 5.46. The summed E-state index contributed by atoms with van der Waals surface area (Å²) in [6.07, 6.45) is 3.08. The Morgan fingerprint density at radius 1 is 1.50 bits per heavy atom. The predicted octanol–water partition coefficient (Wildman–Crippen LogP) is 1.92.